The summed E-state index contributed by atoms with van der Waals surface area (Å²) in [4.78, 5) is 21.5. The third kappa shape index (κ3) is 2.92. The van der Waals surface area contributed by atoms with E-state index in [0.29, 0.717) is 10.7 Å². The minimum atomic E-state index is -0.705. The summed E-state index contributed by atoms with van der Waals surface area (Å²) in [6.45, 7) is 1.80. The summed E-state index contributed by atoms with van der Waals surface area (Å²) in [7, 11) is 0. The maximum Gasteiger partial charge on any atom is 0.433 e. The molecule has 0 saturated heterocycles. The van der Waals surface area contributed by atoms with Gasteiger partial charge in [-0.1, -0.05) is 11.6 Å². The molecule has 0 fully saturated rings. The molecule has 0 spiro atoms. The highest BCUT2D eigenvalue weighted by molar-refractivity contribution is 6.31. The molecule has 1 N–H and O–H groups in total. The number of amides is 1. The number of benzene rings is 1. The van der Waals surface area contributed by atoms with E-state index < -0.39 is 16.7 Å². The number of nitro groups is 1. The van der Waals surface area contributed by atoms with E-state index in [1.165, 1.54) is 6.07 Å². The van der Waals surface area contributed by atoms with Crippen molar-refractivity contribution in [2.24, 2.45) is 0 Å². The summed E-state index contributed by atoms with van der Waals surface area (Å²) in [6.07, 6.45) is 0. The molecule has 1 heterocycles. The number of halogens is 1. The number of hydrogen-bond acceptors (Lipinski definition) is 4. The molecule has 0 radical (unpaired) electrons. The number of rotatable bonds is 3. The fourth-order valence-corrected chi connectivity index (χ4v) is 1.58. The molecule has 1 aromatic carbocycles. The molecule has 0 aliphatic heterocycles. The van der Waals surface area contributed by atoms with Crippen molar-refractivity contribution >= 4 is 29.1 Å². The molecule has 0 unspecified atom stereocenters. The lowest BCUT2D eigenvalue weighted by Gasteiger charge is -2.05. The maximum absolute atomic E-state index is 11.8. The van der Waals surface area contributed by atoms with E-state index >= 15 is 0 Å². The van der Waals surface area contributed by atoms with Crippen LogP contribution >= 0.6 is 11.6 Å². The normalized spacial score (nSPS) is 10.2. The van der Waals surface area contributed by atoms with Crippen LogP contribution in [0.2, 0.25) is 5.02 Å². The van der Waals surface area contributed by atoms with Crippen LogP contribution in [-0.4, -0.2) is 10.8 Å². The van der Waals surface area contributed by atoms with Crippen molar-refractivity contribution in [1.82, 2.24) is 0 Å². The largest absolute Gasteiger partial charge is 0.433 e. The van der Waals surface area contributed by atoms with Gasteiger partial charge in [0.15, 0.2) is 5.76 Å². The Hall–Kier alpha value is -2.34. The number of nitrogens with zero attached hydrogens (tertiary/aromatic N) is 1. The van der Waals surface area contributed by atoms with Gasteiger partial charge in [-0.3, -0.25) is 14.9 Å². The predicted molar refractivity (Wildman–Crippen MR) is 69.5 cm³/mol. The molecule has 6 nitrogen and oxygen atoms in total. The number of furan rings is 1. The van der Waals surface area contributed by atoms with Crippen molar-refractivity contribution in [3.63, 3.8) is 0 Å². The third-order valence-electron chi connectivity index (χ3n) is 2.41. The molecular formula is C12H9ClN2O4. The maximum atomic E-state index is 11.8. The molecular weight excluding hydrogens is 272 g/mol. The molecule has 19 heavy (non-hydrogen) atoms. The first kappa shape index (κ1) is 13.1. The summed E-state index contributed by atoms with van der Waals surface area (Å²) >= 11 is 5.87. The first-order valence-electron chi connectivity index (χ1n) is 5.29. The molecule has 0 bridgehead atoms. The number of aryl methyl sites for hydroxylation is 1. The highest BCUT2D eigenvalue weighted by Gasteiger charge is 2.17. The summed E-state index contributed by atoms with van der Waals surface area (Å²) in [5.41, 5.74) is 1.34. The second kappa shape index (κ2) is 5.11. The average Bonchev–Trinajstić information content (AvgIpc) is 2.83. The Bertz CT molecular complexity index is 651. The van der Waals surface area contributed by atoms with Gasteiger partial charge in [0.25, 0.3) is 5.91 Å². The van der Waals surface area contributed by atoms with Gasteiger partial charge in [0, 0.05) is 10.7 Å². The van der Waals surface area contributed by atoms with Crippen LogP contribution in [0.3, 0.4) is 0 Å². The Morgan fingerprint density at radius 1 is 1.37 bits per heavy atom. The predicted octanol–water partition coefficient (Wildman–Crippen LogP) is 3.40. The zero-order valence-electron chi connectivity index (χ0n) is 9.84. The molecule has 98 valence electrons. The summed E-state index contributed by atoms with van der Waals surface area (Å²) in [5.74, 6) is -1.16. The molecule has 7 heteroatoms. The van der Waals surface area contributed by atoms with E-state index in [1.54, 1.807) is 25.1 Å². The first-order valence-corrected chi connectivity index (χ1v) is 5.67. The van der Waals surface area contributed by atoms with Crippen LogP contribution < -0.4 is 5.32 Å². The fourth-order valence-electron chi connectivity index (χ4n) is 1.46. The lowest BCUT2D eigenvalue weighted by molar-refractivity contribution is -0.402. The highest BCUT2D eigenvalue weighted by atomic mass is 35.5. The smallest absolute Gasteiger partial charge is 0.395 e. The molecule has 2 rings (SSSR count). The Labute approximate surface area is 113 Å². The minimum absolute atomic E-state index is 0.126. The minimum Gasteiger partial charge on any atom is -0.395 e. The van der Waals surface area contributed by atoms with Gasteiger partial charge < -0.3 is 9.73 Å². The van der Waals surface area contributed by atoms with Crippen LogP contribution in [-0.2, 0) is 0 Å². The number of nitrogens with one attached hydrogen (secondary N) is 1. The number of hydrogen-bond donors (Lipinski definition) is 1. The van der Waals surface area contributed by atoms with E-state index in [4.69, 9.17) is 16.0 Å². The molecule has 0 atom stereocenters. The van der Waals surface area contributed by atoms with E-state index in [9.17, 15) is 14.9 Å². The Balaban J connectivity index is 2.15. The summed E-state index contributed by atoms with van der Waals surface area (Å²) in [5, 5.41) is 13.6. The van der Waals surface area contributed by atoms with Gasteiger partial charge >= 0.3 is 5.88 Å². The fraction of sp³-hybridized carbons (Fsp3) is 0.0833. The van der Waals surface area contributed by atoms with Gasteiger partial charge in [-0.15, -0.1) is 0 Å². The van der Waals surface area contributed by atoms with Gasteiger partial charge in [0.05, 0.1) is 6.07 Å². The van der Waals surface area contributed by atoms with Crippen molar-refractivity contribution in [2.45, 2.75) is 6.92 Å². The molecule has 1 amide bonds. The Morgan fingerprint density at radius 3 is 2.68 bits per heavy atom. The number of anilines is 1. The first-order chi connectivity index (χ1) is 8.97. The van der Waals surface area contributed by atoms with Crippen molar-refractivity contribution < 1.29 is 14.1 Å². The third-order valence-corrected chi connectivity index (χ3v) is 2.84. The van der Waals surface area contributed by atoms with E-state index in [2.05, 4.69) is 5.32 Å². The van der Waals surface area contributed by atoms with Gasteiger partial charge in [-0.2, -0.15) is 0 Å². The van der Waals surface area contributed by atoms with Gasteiger partial charge in [-0.25, -0.2) is 0 Å². The monoisotopic (exact) mass is 280 g/mol. The van der Waals surface area contributed by atoms with Gasteiger partial charge in [0.2, 0.25) is 0 Å². The topological polar surface area (TPSA) is 85.4 Å². The number of carbonyl (C=O) groups excluding carboxylic acids is 1. The van der Waals surface area contributed by atoms with Crippen LogP contribution in [0.15, 0.2) is 34.7 Å². The molecule has 0 saturated carbocycles. The van der Waals surface area contributed by atoms with Crippen LogP contribution in [0.5, 0.6) is 0 Å². The molecule has 0 aliphatic rings. The van der Waals surface area contributed by atoms with Crippen molar-refractivity contribution in [3.8, 4) is 0 Å². The second-order valence-corrected chi connectivity index (χ2v) is 4.22. The zero-order chi connectivity index (χ0) is 14.0. The Morgan fingerprint density at radius 2 is 2.11 bits per heavy atom. The van der Waals surface area contributed by atoms with Crippen LogP contribution in [0.1, 0.15) is 16.1 Å². The van der Waals surface area contributed by atoms with E-state index in [0.717, 1.165) is 11.6 Å². The average molecular weight is 281 g/mol. The quantitative estimate of drug-likeness (QED) is 0.689. The van der Waals surface area contributed by atoms with Crippen molar-refractivity contribution in [1.29, 1.82) is 0 Å². The summed E-state index contributed by atoms with van der Waals surface area (Å²) < 4.78 is 4.80. The van der Waals surface area contributed by atoms with Crippen LogP contribution in [0, 0.1) is 17.0 Å². The molecule has 2 aromatic rings. The van der Waals surface area contributed by atoms with E-state index in [-0.39, 0.29) is 5.76 Å². The van der Waals surface area contributed by atoms with Crippen LogP contribution in [0.25, 0.3) is 0 Å². The van der Waals surface area contributed by atoms with Crippen molar-refractivity contribution in [2.75, 3.05) is 5.32 Å². The lowest BCUT2D eigenvalue weighted by atomic mass is 10.2. The van der Waals surface area contributed by atoms with Crippen LogP contribution in [0.4, 0.5) is 11.6 Å². The SMILES string of the molecule is Cc1cc(NC(=O)c2ccc([N+](=O)[O-])o2)ccc1Cl. The second-order valence-electron chi connectivity index (χ2n) is 3.81. The summed E-state index contributed by atoms with van der Waals surface area (Å²) in [6, 6.07) is 7.34. The standard InChI is InChI=1S/C12H9ClN2O4/c1-7-6-8(2-3-9(7)13)14-12(16)10-4-5-11(19-10)15(17)18/h2-6H,1H3,(H,14,16). The Kier molecular flexibility index (Phi) is 3.52. The molecule has 1 aromatic heterocycles. The van der Waals surface area contributed by atoms with Crippen molar-refractivity contribution in [3.05, 3.63) is 56.8 Å². The molecule has 0 aliphatic carbocycles. The number of carbonyl (C=O) groups is 1. The lowest BCUT2D eigenvalue weighted by Crippen LogP contribution is -2.10. The van der Waals surface area contributed by atoms with Gasteiger partial charge in [-0.05, 0) is 36.8 Å². The zero-order valence-corrected chi connectivity index (χ0v) is 10.6. The van der Waals surface area contributed by atoms with E-state index in [1.807, 2.05) is 0 Å². The highest BCUT2D eigenvalue weighted by Crippen LogP contribution is 2.21. The van der Waals surface area contributed by atoms with Gasteiger partial charge in [0.1, 0.15) is 4.92 Å².